The Hall–Kier alpha value is 2.27. The largest absolute Gasteiger partial charge is 0.344 e. The van der Waals surface area contributed by atoms with Crippen molar-refractivity contribution in [2.45, 2.75) is 0 Å². The molecule has 0 spiro atoms. The molecule has 0 nitrogen and oxygen atoms in total. The minimum atomic E-state index is 0. The third-order valence-electron chi connectivity index (χ3n) is 0.913. The van der Waals surface area contributed by atoms with E-state index in [-0.39, 0.29) is 98.1 Å². The van der Waals surface area contributed by atoms with Gasteiger partial charge in [0.1, 0.15) is 0 Å². The first-order valence-electron chi connectivity index (χ1n) is 2.45. The first kappa shape index (κ1) is 18.9. The molecule has 49 valence electrons. The Morgan fingerprint density at radius 3 is 2.09 bits per heavy atom. The summed E-state index contributed by atoms with van der Waals surface area (Å²) in [6, 6.07) is 10.5. The van der Waals surface area contributed by atoms with Crippen molar-refractivity contribution in [1.29, 1.82) is 0 Å². The molecular weight excluding hydrogens is 363 g/mol. The quantitative estimate of drug-likeness (QED) is 0.664. The van der Waals surface area contributed by atoms with Crippen LogP contribution in [0.5, 0.6) is 0 Å². The third-order valence-corrected chi connectivity index (χ3v) is 0.913. The summed E-state index contributed by atoms with van der Waals surface area (Å²) < 4.78 is 0. The van der Waals surface area contributed by atoms with Crippen molar-refractivity contribution < 1.29 is 98.1 Å². The molecule has 1 aromatic rings. The van der Waals surface area contributed by atoms with E-state index < -0.39 is 0 Å². The maximum atomic E-state index is 5.19. The average molecular weight is 369 g/mol. The normalized spacial score (nSPS) is 6.18. The summed E-state index contributed by atoms with van der Waals surface area (Å²) >= 11 is 0. The molecule has 1 rings (SSSR count). The zero-order chi connectivity index (χ0) is 5.82. The fourth-order valence-electron chi connectivity index (χ4n) is 0.511. The van der Waals surface area contributed by atoms with E-state index in [1.807, 2.05) is 24.3 Å². The smallest absolute Gasteiger partial charge is 0 e. The molecule has 0 saturated carbocycles. The molecule has 11 heavy (non-hydrogen) atoms. The average Bonchev–Trinajstić information content (AvgIpc) is 1.90. The van der Waals surface area contributed by atoms with Crippen molar-refractivity contribution in [2.75, 3.05) is 0 Å². The molecule has 0 saturated heterocycles. The summed E-state index contributed by atoms with van der Waals surface area (Å²) in [5.41, 5.74) is 0.938. The first-order valence-corrected chi connectivity index (χ1v) is 2.45. The molecule has 0 unspecified atom stereocenters. The summed E-state index contributed by atoms with van der Waals surface area (Å²) in [7, 11) is 0. The van der Waals surface area contributed by atoms with Gasteiger partial charge < -0.3 is 18.2 Å². The van der Waals surface area contributed by atoms with Crippen LogP contribution in [0.1, 0.15) is 5.56 Å². The number of rotatable bonds is 1. The number of hydrogen-bond acceptors (Lipinski definition) is 0. The van der Waals surface area contributed by atoms with E-state index in [1.54, 1.807) is 0 Å². The Morgan fingerprint density at radius 2 is 1.82 bits per heavy atom. The number of hydrogen-bond donors (Lipinski definition) is 0. The molecule has 0 aliphatic carbocycles. The van der Waals surface area contributed by atoms with Gasteiger partial charge in [0.15, 0.2) is 0 Å². The summed E-state index contributed by atoms with van der Waals surface area (Å²) in [5.74, 6) is 0. The fourth-order valence-corrected chi connectivity index (χ4v) is 0.511. The Kier molecular flexibility index (Phi) is 21.1. The second-order valence-corrected chi connectivity index (χ2v) is 1.48. The van der Waals surface area contributed by atoms with Gasteiger partial charge >= 0.3 is 0 Å². The minimum absolute atomic E-state index is 0. The minimum Gasteiger partial charge on any atom is -0.344 e. The van der Waals surface area contributed by atoms with Gasteiger partial charge in [0, 0.05) is 98.1 Å². The molecule has 0 aliphatic rings. The topological polar surface area (TPSA) is 0 Å². The van der Waals surface area contributed by atoms with Crippen molar-refractivity contribution in [3.8, 4) is 0 Å². The second kappa shape index (κ2) is 12.3. The van der Waals surface area contributed by atoms with Gasteiger partial charge in [-0.1, -0.05) is 0 Å². The summed E-state index contributed by atoms with van der Waals surface area (Å²) in [5, 5.41) is 0. The summed E-state index contributed by atoms with van der Waals surface area (Å²) in [4.78, 5) is 0. The van der Waals surface area contributed by atoms with Crippen molar-refractivity contribution in [2.24, 2.45) is 0 Å². The van der Waals surface area contributed by atoms with Crippen molar-refractivity contribution >= 4 is 6.08 Å². The van der Waals surface area contributed by atoms with Crippen LogP contribution in [-0.2, 0) is 98.1 Å². The van der Waals surface area contributed by atoms with E-state index in [9.17, 15) is 0 Å². The molecule has 0 atom stereocenters. The van der Waals surface area contributed by atoms with E-state index >= 15 is 0 Å². The van der Waals surface area contributed by atoms with Crippen LogP contribution in [0.25, 0.3) is 6.08 Å². The predicted molar refractivity (Wildman–Crippen MR) is 34.0 cm³/mol. The third kappa shape index (κ3) is 8.60. The molecule has 0 amide bonds. The summed E-state index contributed by atoms with van der Waals surface area (Å²) in [6.45, 7) is 5.19. The first-order chi connectivity index (χ1) is 3.93. The van der Waals surface area contributed by atoms with Crippen LogP contribution in [0.3, 0.4) is 0 Å². The standard InChI is InChI=1S/C8H6.3Y/c1-2-8-6-4-3-5-7-8;;;/h1-6H;;;/q-2;;;. The molecule has 0 N–H and O–H groups in total. The van der Waals surface area contributed by atoms with Crippen LogP contribution in [-0.4, -0.2) is 0 Å². The van der Waals surface area contributed by atoms with E-state index in [1.165, 1.54) is 6.08 Å². The van der Waals surface area contributed by atoms with Gasteiger partial charge in [-0.3, -0.25) is 0 Å². The van der Waals surface area contributed by atoms with Gasteiger partial charge in [-0.2, -0.15) is 12.1 Å². The Bertz CT molecular complexity index is 172. The molecule has 0 bridgehead atoms. The maximum Gasteiger partial charge on any atom is 0 e. The van der Waals surface area contributed by atoms with Gasteiger partial charge in [0.05, 0.1) is 0 Å². The number of benzene rings is 1. The van der Waals surface area contributed by atoms with Crippen molar-refractivity contribution in [3.63, 3.8) is 0 Å². The Balaban J connectivity index is -0.000000213. The Labute approximate surface area is 144 Å². The van der Waals surface area contributed by atoms with Crippen molar-refractivity contribution in [3.05, 3.63) is 42.5 Å². The van der Waals surface area contributed by atoms with Crippen LogP contribution >= 0.6 is 0 Å². The van der Waals surface area contributed by atoms with Crippen LogP contribution in [0.2, 0.25) is 0 Å². The molecule has 0 fully saturated rings. The molecule has 1 aromatic carbocycles. The maximum absolute atomic E-state index is 5.19. The van der Waals surface area contributed by atoms with Gasteiger partial charge in [0.25, 0.3) is 0 Å². The SMILES string of the molecule is [CH-]=Cc1[c-]cccc1.[Y].[Y].[Y]. The van der Waals surface area contributed by atoms with Crippen LogP contribution in [0.15, 0.2) is 24.3 Å². The Morgan fingerprint density at radius 1 is 1.18 bits per heavy atom. The monoisotopic (exact) mass is 369 g/mol. The molecule has 3 radical (unpaired) electrons. The van der Waals surface area contributed by atoms with Crippen molar-refractivity contribution in [1.82, 2.24) is 0 Å². The zero-order valence-corrected chi connectivity index (χ0v) is 14.7. The molecule has 0 aliphatic heterocycles. The van der Waals surface area contributed by atoms with E-state index in [0.29, 0.717) is 0 Å². The molecule has 0 heterocycles. The second-order valence-electron chi connectivity index (χ2n) is 1.48. The predicted octanol–water partition coefficient (Wildman–Crippen LogP) is 1.93. The van der Waals surface area contributed by atoms with Gasteiger partial charge in [0.2, 0.25) is 0 Å². The zero-order valence-electron chi connectivity index (χ0n) is 6.20. The molecular formula is C8H6Y3-2. The molecule has 3 heteroatoms. The van der Waals surface area contributed by atoms with E-state index in [0.717, 1.165) is 5.56 Å². The van der Waals surface area contributed by atoms with Crippen LogP contribution < -0.4 is 0 Å². The van der Waals surface area contributed by atoms with Gasteiger partial charge in [-0.25, -0.2) is 12.1 Å². The van der Waals surface area contributed by atoms with Gasteiger partial charge in [-0.05, 0) is 0 Å². The van der Waals surface area contributed by atoms with Gasteiger partial charge in [-0.15, -0.1) is 6.07 Å². The fraction of sp³-hybridized carbons (Fsp3) is 0. The molecule has 0 aromatic heterocycles. The van der Waals surface area contributed by atoms with Crippen LogP contribution in [0.4, 0.5) is 0 Å². The van der Waals surface area contributed by atoms with E-state index in [4.69, 9.17) is 6.58 Å². The summed E-state index contributed by atoms with van der Waals surface area (Å²) in [6.07, 6.45) is 1.53. The van der Waals surface area contributed by atoms with E-state index in [2.05, 4.69) is 6.07 Å². The van der Waals surface area contributed by atoms with Crippen LogP contribution in [0, 0.1) is 12.6 Å².